The van der Waals surface area contributed by atoms with Gasteiger partial charge in [0.25, 0.3) is 0 Å². The molecule has 0 saturated carbocycles. The maximum atomic E-state index is 6.10. The van der Waals surface area contributed by atoms with E-state index in [9.17, 15) is 0 Å². The number of hydrazine groups is 1. The summed E-state index contributed by atoms with van der Waals surface area (Å²) >= 11 is 9.58. The Kier molecular flexibility index (Phi) is 4.99. The van der Waals surface area contributed by atoms with Crippen LogP contribution in [0.25, 0.3) is 0 Å². The minimum atomic E-state index is 0.0479. The number of rotatable bonds is 4. The SMILES string of the molecule is Cc1cc(Cl)cc(C(Cc2cccc(Br)c2)NN)c1. The Morgan fingerprint density at radius 1 is 1.26 bits per heavy atom. The molecular formula is C15H16BrClN2. The van der Waals surface area contributed by atoms with Gasteiger partial charge in [0.05, 0.1) is 6.04 Å². The summed E-state index contributed by atoms with van der Waals surface area (Å²) in [6, 6.07) is 14.3. The minimum absolute atomic E-state index is 0.0479. The van der Waals surface area contributed by atoms with Crippen molar-refractivity contribution < 1.29 is 0 Å². The van der Waals surface area contributed by atoms with Gasteiger partial charge in [-0.05, 0) is 54.3 Å². The summed E-state index contributed by atoms with van der Waals surface area (Å²) < 4.78 is 1.07. The second kappa shape index (κ2) is 6.53. The highest BCUT2D eigenvalue weighted by molar-refractivity contribution is 9.10. The first-order valence-corrected chi connectivity index (χ1v) is 7.23. The van der Waals surface area contributed by atoms with Crippen molar-refractivity contribution >= 4 is 27.5 Å². The molecule has 2 rings (SSSR count). The Bertz CT molecular complexity index is 552. The molecule has 19 heavy (non-hydrogen) atoms. The van der Waals surface area contributed by atoms with Crippen LogP contribution in [0.15, 0.2) is 46.9 Å². The molecule has 0 fully saturated rings. The molecular weight excluding hydrogens is 324 g/mol. The zero-order chi connectivity index (χ0) is 13.8. The second-order valence-corrected chi connectivity index (χ2v) is 5.97. The van der Waals surface area contributed by atoms with Crippen LogP contribution in [0.4, 0.5) is 0 Å². The number of halogens is 2. The van der Waals surface area contributed by atoms with Gasteiger partial charge in [0.1, 0.15) is 0 Å². The van der Waals surface area contributed by atoms with Crippen molar-refractivity contribution in [1.82, 2.24) is 5.43 Å². The minimum Gasteiger partial charge on any atom is -0.271 e. The smallest absolute Gasteiger partial charge is 0.0500 e. The lowest BCUT2D eigenvalue weighted by Gasteiger charge is -2.17. The van der Waals surface area contributed by atoms with Gasteiger partial charge >= 0.3 is 0 Å². The third kappa shape index (κ3) is 4.05. The van der Waals surface area contributed by atoms with Crippen LogP contribution in [0, 0.1) is 6.92 Å². The van der Waals surface area contributed by atoms with E-state index in [2.05, 4.69) is 39.6 Å². The molecule has 0 aromatic heterocycles. The topological polar surface area (TPSA) is 38.0 Å². The fraction of sp³-hybridized carbons (Fsp3) is 0.200. The van der Waals surface area contributed by atoms with Gasteiger partial charge in [0, 0.05) is 9.50 Å². The Morgan fingerprint density at radius 3 is 2.68 bits per heavy atom. The Balaban J connectivity index is 2.24. The molecule has 0 radical (unpaired) electrons. The van der Waals surface area contributed by atoms with Crippen LogP contribution >= 0.6 is 27.5 Å². The second-order valence-electron chi connectivity index (χ2n) is 4.62. The van der Waals surface area contributed by atoms with Crippen LogP contribution in [-0.4, -0.2) is 0 Å². The van der Waals surface area contributed by atoms with Crippen molar-refractivity contribution in [1.29, 1.82) is 0 Å². The molecule has 0 spiro atoms. The first-order chi connectivity index (χ1) is 9.08. The number of nitrogens with one attached hydrogen (secondary N) is 1. The van der Waals surface area contributed by atoms with Gasteiger partial charge in [0.15, 0.2) is 0 Å². The fourth-order valence-electron chi connectivity index (χ4n) is 2.14. The van der Waals surface area contributed by atoms with Gasteiger partial charge in [-0.25, -0.2) is 0 Å². The third-order valence-corrected chi connectivity index (χ3v) is 3.71. The average molecular weight is 340 g/mol. The molecule has 2 aromatic carbocycles. The molecule has 0 amide bonds. The molecule has 0 aliphatic rings. The normalized spacial score (nSPS) is 12.4. The molecule has 1 atom stereocenters. The van der Waals surface area contributed by atoms with Gasteiger partial charge in [-0.15, -0.1) is 0 Å². The molecule has 0 saturated heterocycles. The molecule has 2 nitrogen and oxygen atoms in total. The molecule has 1 unspecified atom stereocenters. The highest BCUT2D eigenvalue weighted by Gasteiger charge is 2.12. The summed E-state index contributed by atoms with van der Waals surface area (Å²) in [7, 11) is 0. The zero-order valence-corrected chi connectivity index (χ0v) is 13.0. The van der Waals surface area contributed by atoms with E-state index in [1.165, 1.54) is 5.56 Å². The summed E-state index contributed by atoms with van der Waals surface area (Å²) in [4.78, 5) is 0. The molecule has 0 heterocycles. The molecule has 0 aliphatic heterocycles. The standard InChI is InChI=1S/C15H16BrClN2/c1-10-5-12(9-14(17)6-10)15(19-18)8-11-3-2-4-13(16)7-11/h2-7,9,15,19H,8,18H2,1H3. The molecule has 4 heteroatoms. The van der Waals surface area contributed by atoms with Crippen molar-refractivity contribution in [2.24, 2.45) is 5.84 Å². The van der Waals surface area contributed by atoms with Crippen molar-refractivity contribution in [3.8, 4) is 0 Å². The lowest BCUT2D eigenvalue weighted by Crippen LogP contribution is -2.29. The highest BCUT2D eigenvalue weighted by Crippen LogP contribution is 2.24. The number of hydrogen-bond acceptors (Lipinski definition) is 2. The van der Waals surface area contributed by atoms with Crippen molar-refractivity contribution in [3.05, 3.63) is 68.7 Å². The van der Waals surface area contributed by atoms with E-state index in [0.29, 0.717) is 0 Å². The van der Waals surface area contributed by atoms with E-state index in [1.54, 1.807) is 0 Å². The van der Waals surface area contributed by atoms with Crippen LogP contribution in [0.5, 0.6) is 0 Å². The summed E-state index contributed by atoms with van der Waals surface area (Å²) in [5.41, 5.74) is 6.32. The van der Waals surface area contributed by atoms with E-state index in [0.717, 1.165) is 27.0 Å². The van der Waals surface area contributed by atoms with E-state index in [-0.39, 0.29) is 6.04 Å². The summed E-state index contributed by atoms with van der Waals surface area (Å²) in [5, 5.41) is 0.740. The monoisotopic (exact) mass is 338 g/mol. The Hall–Kier alpha value is -0.870. The van der Waals surface area contributed by atoms with Gasteiger partial charge in [-0.2, -0.15) is 0 Å². The van der Waals surface area contributed by atoms with Crippen LogP contribution in [-0.2, 0) is 6.42 Å². The molecule has 2 aromatic rings. The highest BCUT2D eigenvalue weighted by atomic mass is 79.9. The van der Waals surface area contributed by atoms with Crippen LogP contribution in [0.1, 0.15) is 22.7 Å². The predicted molar refractivity (Wildman–Crippen MR) is 84.1 cm³/mol. The largest absolute Gasteiger partial charge is 0.271 e. The van der Waals surface area contributed by atoms with Crippen molar-refractivity contribution in [2.75, 3.05) is 0 Å². The van der Waals surface area contributed by atoms with E-state index in [4.69, 9.17) is 17.4 Å². The first kappa shape index (κ1) is 14.5. The number of benzene rings is 2. The fourth-order valence-corrected chi connectivity index (χ4v) is 2.88. The van der Waals surface area contributed by atoms with E-state index >= 15 is 0 Å². The Morgan fingerprint density at radius 2 is 2.05 bits per heavy atom. The molecule has 3 N–H and O–H groups in total. The summed E-state index contributed by atoms with van der Waals surface area (Å²) in [6.45, 7) is 2.03. The van der Waals surface area contributed by atoms with Gasteiger partial charge in [-0.3, -0.25) is 11.3 Å². The average Bonchev–Trinajstić information content (AvgIpc) is 2.34. The van der Waals surface area contributed by atoms with E-state index < -0.39 is 0 Å². The molecule has 0 bridgehead atoms. The van der Waals surface area contributed by atoms with Gasteiger partial charge in [0.2, 0.25) is 0 Å². The number of nitrogens with two attached hydrogens (primary N) is 1. The van der Waals surface area contributed by atoms with Crippen molar-refractivity contribution in [2.45, 2.75) is 19.4 Å². The van der Waals surface area contributed by atoms with E-state index in [1.807, 2.05) is 31.2 Å². The Labute approximate surface area is 127 Å². The van der Waals surface area contributed by atoms with Crippen LogP contribution in [0.2, 0.25) is 5.02 Å². The lowest BCUT2D eigenvalue weighted by molar-refractivity contribution is 0.551. The predicted octanol–water partition coefficient (Wildman–Crippen LogP) is 4.16. The molecule has 100 valence electrons. The summed E-state index contributed by atoms with van der Waals surface area (Å²) in [6.07, 6.45) is 0.815. The van der Waals surface area contributed by atoms with Gasteiger partial charge in [-0.1, -0.05) is 45.7 Å². The number of aryl methyl sites for hydroxylation is 1. The van der Waals surface area contributed by atoms with Gasteiger partial charge < -0.3 is 0 Å². The third-order valence-electron chi connectivity index (χ3n) is 3.00. The lowest BCUT2D eigenvalue weighted by atomic mass is 9.98. The zero-order valence-electron chi connectivity index (χ0n) is 10.7. The van der Waals surface area contributed by atoms with Crippen molar-refractivity contribution in [3.63, 3.8) is 0 Å². The molecule has 0 aliphatic carbocycles. The van der Waals surface area contributed by atoms with Crippen LogP contribution < -0.4 is 11.3 Å². The maximum Gasteiger partial charge on any atom is 0.0500 e. The summed E-state index contributed by atoms with van der Waals surface area (Å²) in [5.74, 6) is 5.69. The van der Waals surface area contributed by atoms with Crippen LogP contribution in [0.3, 0.4) is 0 Å². The quantitative estimate of drug-likeness (QED) is 0.648. The number of hydrogen-bond donors (Lipinski definition) is 2. The maximum absolute atomic E-state index is 6.10. The first-order valence-electron chi connectivity index (χ1n) is 6.06.